The molecule has 0 aliphatic carbocycles. The Balaban J connectivity index is 1.46. The average Bonchev–Trinajstić information content (AvgIpc) is 3.53. The molecule has 0 bridgehead atoms. The fourth-order valence-electron chi connectivity index (χ4n) is 4.02. The number of allylic oxidation sites excluding steroid dienone is 1. The summed E-state index contributed by atoms with van der Waals surface area (Å²) in [4.78, 5) is 28.9. The lowest BCUT2D eigenvalue weighted by Crippen LogP contribution is -2.53. The zero-order chi connectivity index (χ0) is 25.8. The number of piperazine rings is 1. The Hall–Kier alpha value is -4.47. The molecule has 1 fully saturated rings. The van der Waals surface area contributed by atoms with Crippen LogP contribution in [0.2, 0.25) is 0 Å². The van der Waals surface area contributed by atoms with Gasteiger partial charge in [0.2, 0.25) is 5.96 Å². The van der Waals surface area contributed by atoms with Crippen LogP contribution in [0.15, 0.2) is 45.4 Å². The van der Waals surface area contributed by atoms with E-state index in [-0.39, 0.29) is 23.4 Å². The van der Waals surface area contributed by atoms with Crippen LogP contribution in [0.25, 0.3) is 5.82 Å². The lowest BCUT2D eigenvalue weighted by atomic mass is 10.0. The van der Waals surface area contributed by atoms with E-state index < -0.39 is 17.7 Å². The smallest absolute Gasteiger partial charge is 0.337 e. The van der Waals surface area contributed by atoms with Gasteiger partial charge in [-0.15, -0.1) is 0 Å². The number of aliphatic imine (C=N–C) groups is 2. The number of amides is 2. The molecule has 0 N–H and O–H groups in total. The highest BCUT2D eigenvalue weighted by Crippen LogP contribution is 2.30. The van der Waals surface area contributed by atoms with Crippen molar-refractivity contribution in [2.75, 3.05) is 26.2 Å². The number of benzene rings is 1. The second kappa shape index (κ2) is 10.4. The Kier molecular flexibility index (Phi) is 7.14. The molecule has 1 aromatic heterocycles. The number of hydrazone groups is 1. The minimum atomic E-state index is -0.565. The number of nitriles is 1. The predicted molar refractivity (Wildman–Crippen MR) is 129 cm³/mol. The van der Waals surface area contributed by atoms with Crippen molar-refractivity contribution in [3.63, 3.8) is 0 Å². The van der Waals surface area contributed by atoms with Gasteiger partial charge in [0.15, 0.2) is 5.82 Å². The quantitative estimate of drug-likeness (QED) is 0.480. The second-order valence-electron chi connectivity index (χ2n) is 8.20. The Labute approximate surface area is 206 Å². The molecule has 1 saturated heterocycles. The van der Waals surface area contributed by atoms with Gasteiger partial charge in [0, 0.05) is 38.8 Å². The molecule has 11 nitrogen and oxygen atoms in total. The predicted octanol–water partition coefficient (Wildman–Crippen LogP) is 2.94. The molecule has 0 unspecified atom stereocenters. The molecule has 3 heterocycles. The van der Waals surface area contributed by atoms with Crippen LogP contribution >= 0.6 is 0 Å². The number of hydrogen-bond acceptors (Lipinski definition) is 6. The highest BCUT2D eigenvalue weighted by atomic mass is 19.1. The molecule has 2 aliphatic heterocycles. The van der Waals surface area contributed by atoms with Gasteiger partial charge in [0.05, 0.1) is 17.7 Å². The van der Waals surface area contributed by atoms with Crippen LogP contribution in [0.1, 0.15) is 36.3 Å². The van der Waals surface area contributed by atoms with Gasteiger partial charge in [-0.3, -0.25) is 0 Å². The van der Waals surface area contributed by atoms with Gasteiger partial charge in [-0.05, 0) is 44.3 Å². The van der Waals surface area contributed by atoms with E-state index in [1.807, 2.05) is 6.07 Å². The second-order valence-corrected chi connectivity index (χ2v) is 8.20. The number of aryl methyl sites for hydroxylation is 1. The molecule has 2 aromatic rings. The summed E-state index contributed by atoms with van der Waals surface area (Å²) in [6.45, 7) is 7.90. The standard InChI is InChI=1S/C23H24F2N10O/c1-15(24)21(34-14-28-16(2)31-34)30-22(27-3)32-6-8-33(9-7-32)23(36)35-20(4-5-29-35)18-10-17(13-26)11-19(25)12-18/h5,10-12,14,20H,3-4,6-9H2,1-2H3/b21-15-,30-22?/t20-/m0/s1. The minimum Gasteiger partial charge on any atom is -0.337 e. The summed E-state index contributed by atoms with van der Waals surface area (Å²) in [5.74, 6) is -0.502. The summed E-state index contributed by atoms with van der Waals surface area (Å²) in [5, 5.41) is 18.8. The van der Waals surface area contributed by atoms with Crippen molar-refractivity contribution in [2.45, 2.75) is 26.3 Å². The molecular weight excluding hydrogens is 470 g/mol. The summed E-state index contributed by atoms with van der Waals surface area (Å²) < 4.78 is 29.4. The van der Waals surface area contributed by atoms with Crippen LogP contribution in [0.4, 0.5) is 13.6 Å². The van der Waals surface area contributed by atoms with E-state index in [1.54, 1.807) is 29.0 Å². The summed E-state index contributed by atoms with van der Waals surface area (Å²) in [6.07, 6.45) is 3.37. The first-order valence-corrected chi connectivity index (χ1v) is 11.2. The maximum Gasteiger partial charge on any atom is 0.341 e. The van der Waals surface area contributed by atoms with Gasteiger partial charge >= 0.3 is 6.03 Å². The van der Waals surface area contributed by atoms with Gasteiger partial charge in [-0.1, -0.05) is 0 Å². The molecular formula is C23H24F2N10O. The molecule has 1 atom stereocenters. The molecule has 186 valence electrons. The molecule has 4 rings (SSSR count). The van der Waals surface area contributed by atoms with Crippen molar-refractivity contribution in [1.82, 2.24) is 29.6 Å². The number of guanidine groups is 1. The summed E-state index contributed by atoms with van der Waals surface area (Å²) in [7, 11) is 0. The molecule has 0 spiro atoms. The normalized spacial score (nSPS) is 18.8. The number of aromatic nitrogens is 3. The fraction of sp³-hybridized carbons (Fsp3) is 0.348. The van der Waals surface area contributed by atoms with Crippen molar-refractivity contribution in [1.29, 1.82) is 5.26 Å². The Bertz CT molecular complexity index is 1300. The topological polar surface area (TPSA) is 118 Å². The first kappa shape index (κ1) is 24.6. The molecule has 2 amide bonds. The van der Waals surface area contributed by atoms with Gasteiger partial charge in [-0.25, -0.2) is 28.6 Å². The number of carbonyl (C=O) groups is 1. The zero-order valence-corrected chi connectivity index (χ0v) is 19.8. The average molecular weight is 495 g/mol. The Morgan fingerprint density at radius 2 is 1.94 bits per heavy atom. The highest BCUT2D eigenvalue weighted by molar-refractivity contribution is 5.88. The third-order valence-corrected chi connectivity index (χ3v) is 5.77. The number of carbonyl (C=O) groups excluding carboxylic acids is 1. The minimum absolute atomic E-state index is 0.0578. The molecule has 36 heavy (non-hydrogen) atoms. The fourth-order valence-corrected chi connectivity index (χ4v) is 4.02. The number of hydrogen-bond donors (Lipinski definition) is 0. The number of nitrogens with zero attached hydrogens (tertiary/aromatic N) is 10. The van der Waals surface area contributed by atoms with Gasteiger partial charge in [-0.2, -0.15) is 25.1 Å². The number of halogens is 2. The molecule has 2 aliphatic rings. The van der Waals surface area contributed by atoms with E-state index >= 15 is 0 Å². The monoisotopic (exact) mass is 494 g/mol. The van der Waals surface area contributed by atoms with Gasteiger partial charge in [0.25, 0.3) is 0 Å². The number of rotatable bonds is 3. The molecule has 0 saturated carbocycles. The highest BCUT2D eigenvalue weighted by Gasteiger charge is 2.34. The van der Waals surface area contributed by atoms with Gasteiger partial charge < -0.3 is 9.80 Å². The van der Waals surface area contributed by atoms with Crippen LogP contribution < -0.4 is 0 Å². The molecule has 0 radical (unpaired) electrons. The van der Waals surface area contributed by atoms with Crippen LogP contribution in [-0.2, 0) is 0 Å². The largest absolute Gasteiger partial charge is 0.341 e. The van der Waals surface area contributed by atoms with Crippen molar-refractivity contribution < 1.29 is 13.6 Å². The van der Waals surface area contributed by atoms with Crippen molar-refractivity contribution >= 4 is 30.7 Å². The summed E-state index contributed by atoms with van der Waals surface area (Å²) in [6, 6.07) is 5.11. The van der Waals surface area contributed by atoms with E-state index in [4.69, 9.17) is 5.26 Å². The summed E-state index contributed by atoms with van der Waals surface area (Å²) in [5.41, 5.74) is 0.685. The Morgan fingerprint density at radius 1 is 1.22 bits per heavy atom. The van der Waals surface area contributed by atoms with E-state index in [9.17, 15) is 13.6 Å². The summed E-state index contributed by atoms with van der Waals surface area (Å²) >= 11 is 0. The Morgan fingerprint density at radius 3 is 2.56 bits per heavy atom. The number of urea groups is 1. The van der Waals surface area contributed by atoms with Crippen LogP contribution in [0, 0.1) is 24.1 Å². The maximum atomic E-state index is 14.2. The van der Waals surface area contributed by atoms with Crippen LogP contribution in [-0.4, -0.2) is 80.7 Å². The maximum absolute atomic E-state index is 14.2. The lowest BCUT2D eigenvalue weighted by molar-refractivity contribution is 0.123. The molecule has 13 heteroatoms. The van der Waals surface area contributed by atoms with Crippen LogP contribution in [0.3, 0.4) is 0 Å². The first-order chi connectivity index (χ1) is 17.3. The SMILES string of the molecule is C=NC(=N/C(=C(\C)F)n1cnc(C)n1)N1CCN(C(=O)N2N=CC[C@H]2c2cc(F)cc(C#N)c2)CC1. The van der Waals surface area contributed by atoms with E-state index in [0.717, 1.165) is 6.07 Å². The van der Waals surface area contributed by atoms with E-state index in [1.165, 1.54) is 29.0 Å². The third-order valence-electron chi connectivity index (χ3n) is 5.77. The van der Waals surface area contributed by atoms with E-state index in [2.05, 4.69) is 31.9 Å². The van der Waals surface area contributed by atoms with Crippen LogP contribution in [0.5, 0.6) is 0 Å². The van der Waals surface area contributed by atoms with Crippen molar-refractivity contribution in [3.05, 3.63) is 53.1 Å². The third kappa shape index (κ3) is 5.12. The van der Waals surface area contributed by atoms with Crippen molar-refractivity contribution in [3.8, 4) is 6.07 Å². The van der Waals surface area contributed by atoms with Gasteiger partial charge in [0.1, 0.15) is 23.8 Å². The first-order valence-electron chi connectivity index (χ1n) is 11.2. The van der Waals surface area contributed by atoms with Crippen molar-refractivity contribution in [2.24, 2.45) is 15.1 Å². The lowest BCUT2D eigenvalue weighted by Gasteiger charge is -2.37. The zero-order valence-electron chi connectivity index (χ0n) is 19.8. The van der Waals surface area contributed by atoms with E-state index in [0.29, 0.717) is 44.0 Å². The molecule has 1 aromatic carbocycles.